The maximum Gasteiger partial charge on any atom is 0.261 e. The topological polar surface area (TPSA) is 89.4 Å². The minimum Gasteiger partial charge on any atom is -0.492 e. The van der Waals surface area contributed by atoms with Crippen molar-refractivity contribution in [2.75, 3.05) is 16.6 Å². The second-order valence-corrected chi connectivity index (χ2v) is 10.3. The molecule has 1 aromatic heterocycles. The summed E-state index contributed by atoms with van der Waals surface area (Å²) in [6, 6.07) is 23.1. The van der Waals surface area contributed by atoms with Crippen molar-refractivity contribution in [2.45, 2.75) is 25.3 Å². The molecule has 0 aliphatic carbocycles. The van der Waals surface area contributed by atoms with Crippen LogP contribution < -0.4 is 14.8 Å². The van der Waals surface area contributed by atoms with E-state index >= 15 is 0 Å². The number of ether oxygens (including phenoxy) is 1. The van der Waals surface area contributed by atoms with Crippen LogP contribution in [0.3, 0.4) is 0 Å². The Morgan fingerprint density at radius 1 is 0.895 bits per heavy atom. The number of carbonyl (C=O) groups excluding carboxylic acids is 1. The molecule has 7 nitrogen and oxygen atoms in total. The highest BCUT2D eigenvalue weighted by Crippen LogP contribution is 2.33. The van der Waals surface area contributed by atoms with Gasteiger partial charge in [-0.1, -0.05) is 30.3 Å². The number of para-hydroxylation sites is 1. The van der Waals surface area contributed by atoms with Gasteiger partial charge in [-0.3, -0.25) is 9.52 Å². The highest BCUT2D eigenvalue weighted by atomic mass is 32.2. The van der Waals surface area contributed by atoms with E-state index in [2.05, 4.69) is 21.5 Å². The van der Waals surface area contributed by atoms with Crippen LogP contribution in [0.4, 0.5) is 15.8 Å². The van der Waals surface area contributed by atoms with Gasteiger partial charge in [0.1, 0.15) is 11.6 Å². The van der Waals surface area contributed by atoms with Gasteiger partial charge >= 0.3 is 0 Å². The molecule has 1 amide bonds. The fourth-order valence-electron chi connectivity index (χ4n) is 4.56. The summed E-state index contributed by atoms with van der Waals surface area (Å²) in [6.07, 6.45) is 0. The number of hydrogen-bond acceptors (Lipinski definition) is 4. The van der Waals surface area contributed by atoms with Gasteiger partial charge in [0.25, 0.3) is 15.9 Å². The van der Waals surface area contributed by atoms with Crippen molar-refractivity contribution in [3.05, 3.63) is 96.3 Å². The van der Waals surface area contributed by atoms with Gasteiger partial charge in [0.15, 0.2) is 0 Å². The Morgan fingerprint density at radius 2 is 1.63 bits per heavy atom. The zero-order chi connectivity index (χ0) is 26.9. The molecular formula is C29H26FN3O4S. The molecule has 4 aromatic carbocycles. The quantitative estimate of drug-likeness (QED) is 0.242. The smallest absolute Gasteiger partial charge is 0.261 e. The summed E-state index contributed by atoms with van der Waals surface area (Å²) >= 11 is 0. The summed E-state index contributed by atoms with van der Waals surface area (Å²) in [4.78, 5) is 12.6. The molecule has 1 heterocycles. The molecule has 5 aromatic rings. The van der Waals surface area contributed by atoms with Crippen molar-refractivity contribution >= 4 is 49.1 Å². The van der Waals surface area contributed by atoms with Crippen LogP contribution >= 0.6 is 0 Å². The molecule has 0 saturated heterocycles. The van der Waals surface area contributed by atoms with Crippen molar-refractivity contribution in [3.63, 3.8) is 0 Å². The van der Waals surface area contributed by atoms with Gasteiger partial charge in [-0.25, -0.2) is 12.8 Å². The van der Waals surface area contributed by atoms with E-state index in [1.54, 1.807) is 19.1 Å². The van der Waals surface area contributed by atoms with Crippen molar-refractivity contribution in [1.29, 1.82) is 0 Å². The maximum absolute atomic E-state index is 14.1. The molecule has 38 heavy (non-hydrogen) atoms. The average Bonchev–Trinajstić information content (AvgIpc) is 3.22. The molecule has 0 atom stereocenters. The molecule has 0 unspecified atom stereocenters. The summed E-state index contributed by atoms with van der Waals surface area (Å²) in [6.45, 7) is 4.90. The van der Waals surface area contributed by atoms with Gasteiger partial charge in [-0.2, -0.15) is 0 Å². The standard InChI is InChI=1S/C29H26FN3O4S/c1-3-33-26-12-8-6-9-21(26)23-17-19(13-15-27(23)33)32-38(35,36)20-14-16-28(37-4-2)25(18-20)31-29(34)22-10-5-7-11-24(22)30/h5-18,32H,3-4H2,1-2H3,(H,31,34). The number of carbonyl (C=O) groups is 1. The van der Waals surface area contributed by atoms with E-state index in [9.17, 15) is 17.6 Å². The molecule has 0 spiro atoms. The first-order valence-corrected chi connectivity index (χ1v) is 13.7. The number of aryl methyl sites for hydroxylation is 1. The van der Waals surface area contributed by atoms with Crippen molar-refractivity contribution < 1.29 is 22.3 Å². The Morgan fingerprint density at radius 3 is 2.39 bits per heavy atom. The van der Waals surface area contributed by atoms with Crippen LogP contribution in [0.1, 0.15) is 24.2 Å². The van der Waals surface area contributed by atoms with E-state index in [1.165, 1.54) is 36.4 Å². The molecule has 194 valence electrons. The van der Waals surface area contributed by atoms with Crippen molar-refractivity contribution in [3.8, 4) is 5.75 Å². The largest absolute Gasteiger partial charge is 0.492 e. The molecular weight excluding hydrogens is 505 g/mol. The van der Waals surface area contributed by atoms with Gasteiger partial charge in [-0.15, -0.1) is 0 Å². The summed E-state index contributed by atoms with van der Waals surface area (Å²) in [5.41, 5.74) is 2.44. The predicted molar refractivity (Wildman–Crippen MR) is 148 cm³/mol. The van der Waals surface area contributed by atoms with Crippen LogP contribution in [0.25, 0.3) is 21.8 Å². The molecule has 0 fully saturated rings. The number of fused-ring (bicyclic) bond motifs is 3. The number of sulfonamides is 1. The average molecular weight is 532 g/mol. The number of nitrogens with zero attached hydrogens (tertiary/aromatic N) is 1. The Labute approximate surface area is 219 Å². The van der Waals surface area contributed by atoms with Crippen molar-refractivity contribution in [1.82, 2.24) is 4.57 Å². The van der Waals surface area contributed by atoms with Gasteiger partial charge < -0.3 is 14.6 Å². The minimum atomic E-state index is -4.03. The molecule has 0 radical (unpaired) electrons. The van der Waals surface area contributed by atoms with Crippen LogP contribution in [0.5, 0.6) is 5.75 Å². The third kappa shape index (κ3) is 4.68. The van der Waals surface area contributed by atoms with E-state index in [4.69, 9.17) is 4.74 Å². The highest BCUT2D eigenvalue weighted by molar-refractivity contribution is 7.92. The summed E-state index contributed by atoms with van der Waals surface area (Å²) in [5.74, 6) is -1.14. The Bertz CT molecular complexity index is 1780. The Kier molecular flexibility index (Phi) is 6.77. The summed E-state index contributed by atoms with van der Waals surface area (Å²) in [7, 11) is -4.03. The van der Waals surface area contributed by atoms with Crippen LogP contribution in [0, 0.1) is 5.82 Å². The van der Waals surface area contributed by atoms with Crippen LogP contribution in [-0.4, -0.2) is 25.5 Å². The predicted octanol–water partition coefficient (Wildman–Crippen LogP) is 6.41. The number of amides is 1. The van der Waals surface area contributed by atoms with E-state index in [0.29, 0.717) is 5.69 Å². The first kappa shape index (κ1) is 25.3. The normalized spacial score (nSPS) is 11.6. The van der Waals surface area contributed by atoms with Crippen LogP contribution in [0.2, 0.25) is 0 Å². The van der Waals surface area contributed by atoms with Crippen LogP contribution in [0.15, 0.2) is 89.8 Å². The zero-order valence-electron chi connectivity index (χ0n) is 20.9. The zero-order valence-corrected chi connectivity index (χ0v) is 21.7. The Hall–Kier alpha value is -4.37. The van der Waals surface area contributed by atoms with E-state index in [0.717, 1.165) is 28.4 Å². The van der Waals surface area contributed by atoms with E-state index < -0.39 is 21.7 Å². The van der Waals surface area contributed by atoms with Gasteiger partial charge in [-0.05, 0) is 68.4 Å². The second kappa shape index (κ2) is 10.2. The molecule has 0 aliphatic rings. The second-order valence-electron chi connectivity index (χ2n) is 8.62. The van der Waals surface area contributed by atoms with Crippen LogP contribution in [-0.2, 0) is 16.6 Å². The summed E-state index contributed by atoms with van der Waals surface area (Å²) in [5, 5.41) is 4.55. The molecule has 5 rings (SSSR count). The van der Waals surface area contributed by atoms with E-state index in [1.807, 2.05) is 36.4 Å². The minimum absolute atomic E-state index is 0.0825. The third-order valence-corrected chi connectivity index (χ3v) is 7.65. The lowest BCUT2D eigenvalue weighted by Gasteiger charge is -2.15. The third-order valence-electron chi connectivity index (χ3n) is 6.27. The lowest BCUT2D eigenvalue weighted by atomic mass is 10.1. The first-order valence-electron chi connectivity index (χ1n) is 12.2. The van der Waals surface area contributed by atoms with E-state index in [-0.39, 0.29) is 28.5 Å². The highest BCUT2D eigenvalue weighted by Gasteiger charge is 2.20. The fourth-order valence-corrected chi connectivity index (χ4v) is 5.64. The lowest BCUT2D eigenvalue weighted by Crippen LogP contribution is -2.17. The number of nitrogens with one attached hydrogen (secondary N) is 2. The fraction of sp³-hybridized carbons (Fsp3) is 0.138. The molecule has 9 heteroatoms. The first-order chi connectivity index (χ1) is 18.3. The van der Waals surface area contributed by atoms with Gasteiger partial charge in [0, 0.05) is 34.0 Å². The molecule has 2 N–H and O–H groups in total. The molecule has 0 aliphatic heterocycles. The van der Waals surface area contributed by atoms with Gasteiger partial charge in [0.05, 0.1) is 22.8 Å². The summed E-state index contributed by atoms with van der Waals surface area (Å²) < 4.78 is 51.3. The number of halogens is 1. The number of rotatable bonds is 8. The number of anilines is 2. The monoisotopic (exact) mass is 531 g/mol. The number of benzene rings is 4. The maximum atomic E-state index is 14.1. The number of hydrogen-bond donors (Lipinski definition) is 2. The molecule has 0 saturated carbocycles. The molecule has 0 bridgehead atoms. The van der Waals surface area contributed by atoms with Crippen molar-refractivity contribution in [2.24, 2.45) is 0 Å². The number of aromatic nitrogens is 1. The lowest BCUT2D eigenvalue weighted by molar-refractivity contribution is 0.102. The Balaban J connectivity index is 1.49. The van der Waals surface area contributed by atoms with Gasteiger partial charge in [0.2, 0.25) is 0 Å². The SMILES string of the molecule is CCOc1ccc(S(=O)(=O)Nc2ccc3c(c2)c2ccccc2n3CC)cc1NC(=O)c1ccccc1F.